The van der Waals surface area contributed by atoms with Gasteiger partial charge in [-0.2, -0.15) is 0 Å². The summed E-state index contributed by atoms with van der Waals surface area (Å²) in [6.45, 7) is 4.75. The molecule has 0 bridgehead atoms. The lowest BCUT2D eigenvalue weighted by Gasteiger charge is -2.44. The topological polar surface area (TPSA) is 29.5 Å². The Labute approximate surface area is 124 Å². The average molecular weight is 280 g/mol. The molecular weight excluding hydrogens is 248 g/mol. The maximum absolute atomic E-state index is 10.1. The van der Waals surface area contributed by atoms with Gasteiger partial charge < -0.3 is 9.84 Å². The first-order chi connectivity index (χ1) is 9.60. The molecule has 116 valence electrons. The van der Waals surface area contributed by atoms with E-state index in [0.717, 1.165) is 24.2 Å². The Morgan fingerprint density at radius 2 is 1.45 bits per heavy atom. The summed E-state index contributed by atoms with van der Waals surface area (Å²) in [6, 6.07) is 0. The van der Waals surface area contributed by atoms with Crippen LogP contribution in [0.15, 0.2) is 0 Å². The Hall–Kier alpha value is -0.0800. The van der Waals surface area contributed by atoms with E-state index in [4.69, 9.17) is 4.74 Å². The number of hydrogen-bond donors (Lipinski definition) is 1. The van der Waals surface area contributed by atoms with Crippen LogP contribution in [0.1, 0.15) is 58.8 Å². The zero-order chi connectivity index (χ0) is 14.3. The summed E-state index contributed by atoms with van der Waals surface area (Å²) in [5.41, 5.74) is 0. The van der Waals surface area contributed by atoms with Gasteiger partial charge in [-0.1, -0.05) is 13.8 Å². The number of ether oxygens (including phenoxy) is 1. The minimum Gasteiger partial charge on any atom is -0.393 e. The smallest absolute Gasteiger partial charge is 0.0622 e. The Morgan fingerprint density at radius 3 is 2.10 bits per heavy atom. The van der Waals surface area contributed by atoms with E-state index >= 15 is 0 Å². The summed E-state index contributed by atoms with van der Waals surface area (Å²) in [5.74, 6) is 4.71. The van der Waals surface area contributed by atoms with Crippen LogP contribution in [0.5, 0.6) is 0 Å². The molecule has 3 aliphatic carbocycles. The number of hydrogen-bond acceptors (Lipinski definition) is 2. The predicted octanol–water partition coefficient (Wildman–Crippen LogP) is 3.87. The Bertz CT molecular complexity index is 317. The minimum absolute atomic E-state index is 0.0167. The minimum atomic E-state index is 0.0167. The SMILES string of the molecule is COC1C(C)CC(C2CCC3C(O)CCC3C2)CC1C. The number of rotatable bonds is 2. The second-order valence-electron chi connectivity index (χ2n) is 8.03. The molecular formula is C18H32O2. The quantitative estimate of drug-likeness (QED) is 0.832. The summed E-state index contributed by atoms with van der Waals surface area (Å²) in [7, 11) is 1.88. The lowest BCUT2D eigenvalue weighted by atomic mass is 9.63. The fourth-order valence-corrected chi connectivity index (χ4v) is 5.92. The molecule has 3 rings (SSSR count). The van der Waals surface area contributed by atoms with Gasteiger partial charge in [-0.25, -0.2) is 0 Å². The highest BCUT2D eigenvalue weighted by Crippen LogP contribution is 2.50. The second-order valence-corrected chi connectivity index (χ2v) is 8.03. The van der Waals surface area contributed by atoms with Crippen LogP contribution in [0.4, 0.5) is 0 Å². The second kappa shape index (κ2) is 5.96. The first-order valence-corrected chi connectivity index (χ1v) is 8.81. The van der Waals surface area contributed by atoms with E-state index in [-0.39, 0.29) is 6.10 Å². The van der Waals surface area contributed by atoms with Crippen molar-refractivity contribution in [3.8, 4) is 0 Å². The molecule has 2 nitrogen and oxygen atoms in total. The third-order valence-electron chi connectivity index (χ3n) is 6.82. The van der Waals surface area contributed by atoms with Crippen molar-refractivity contribution in [1.29, 1.82) is 0 Å². The van der Waals surface area contributed by atoms with Gasteiger partial charge in [0.25, 0.3) is 0 Å². The maximum Gasteiger partial charge on any atom is 0.0622 e. The van der Waals surface area contributed by atoms with Crippen molar-refractivity contribution in [3.63, 3.8) is 0 Å². The highest BCUT2D eigenvalue weighted by Gasteiger charge is 2.43. The fraction of sp³-hybridized carbons (Fsp3) is 1.00. The number of aliphatic hydroxyl groups excluding tert-OH is 1. The summed E-state index contributed by atoms with van der Waals surface area (Å²) < 4.78 is 5.70. The summed E-state index contributed by atoms with van der Waals surface area (Å²) in [5, 5.41) is 10.1. The molecule has 3 fully saturated rings. The average Bonchev–Trinajstić information content (AvgIpc) is 2.79. The van der Waals surface area contributed by atoms with Crippen molar-refractivity contribution < 1.29 is 9.84 Å². The third-order valence-corrected chi connectivity index (χ3v) is 6.82. The van der Waals surface area contributed by atoms with Crippen LogP contribution < -0.4 is 0 Å². The molecule has 0 radical (unpaired) electrons. The molecule has 2 heteroatoms. The van der Waals surface area contributed by atoms with Gasteiger partial charge in [0.1, 0.15) is 0 Å². The van der Waals surface area contributed by atoms with E-state index in [1.54, 1.807) is 0 Å². The molecule has 1 N–H and O–H groups in total. The van der Waals surface area contributed by atoms with Crippen molar-refractivity contribution in [2.45, 2.75) is 71.0 Å². The molecule has 20 heavy (non-hydrogen) atoms. The lowest BCUT2D eigenvalue weighted by molar-refractivity contribution is -0.0416. The summed E-state index contributed by atoms with van der Waals surface area (Å²) in [4.78, 5) is 0. The van der Waals surface area contributed by atoms with Crippen LogP contribution in [0, 0.1) is 35.5 Å². The van der Waals surface area contributed by atoms with Gasteiger partial charge in [0.2, 0.25) is 0 Å². The first-order valence-electron chi connectivity index (χ1n) is 8.81. The normalized spacial score (nSPS) is 52.8. The molecule has 0 heterocycles. The molecule has 6 atom stereocenters. The highest BCUT2D eigenvalue weighted by atomic mass is 16.5. The van der Waals surface area contributed by atoms with Crippen LogP contribution in [0.3, 0.4) is 0 Å². The number of fused-ring (bicyclic) bond motifs is 1. The Balaban J connectivity index is 1.60. The van der Waals surface area contributed by atoms with Crippen LogP contribution in [-0.2, 0) is 4.74 Å². The monoisotopic (exact) mass is 280 g/mol. The lowest BCUT2D eigenvalue weighted by Crippen LogP contribution is -2.40. The fourth-order valence-electron chi connectivity index (χ4n) is 5.92. The zero-order valence-electron chi connectivity index (χ0n) is 13.4. The van der Waals surface area contributed by atoms with Crippen molar-refractivity contribution in [2.24, 2.45) is 35.5 Å². The van der Waals surface area contributed by atoms with Crippen LogP contribution in [0.2, 0.25) is 0 Å². The van der Waals surface area contributed by atoms with Crippen molar-refractivity contribution in [2.75, 3.05) is 7.11 Å². The van der Waals surface area contributed by atoms with Gasteiger partial charge in [0.15, 0.2) is 0 Å². The highest BCUT2D eigenvalue weighted by molar-refractivity contribution is 4.94. The van der Waals surface area contributed by atoms with Crippen molar-refractivity contribution in [3.05, 3.63) is 0 Å². The van der Waals surface area contributed by atoms with Crippen LogP contribution in [0.25, 0.3) is 0 Å². The summed E-state index contributed by atoms with van der Waals surface area (Å²) in [6.07, 6.45) is 9.57. The van der Waals surface area contributed by atoms with E-state index < -0.39 is 0 Å². The molecule has 0 aromatic carbocycles. The standard InChI is InChI=1S/C18H32O2/c1-11-8-15(9-12(2)18(11)20-3)13-4-6-16-14(10-13)5-7-17(16)19/h11-19H,4-10H2,1-3H3. The van der Waals surface area contributed by atoms with Crippen molar-refractivity contribution >= 4 is 0 Å². The van der Waals surface area contributed by atoms with E-state index in [1.807, 2.05) is 7.11 Å². The van der Waals surface area contributed by atoms with Gasteiger partial charge in [0.05, 0.1) is 12.2 Å². The van der Waals surface area contributed by atoms with Gasteiger partial charge >= 0.3 is 0 Å². The molecule has 3 saturated carbocycles. The van der Waals surface area contributed by atoms with Gasteiger partial charge in [0, 0.05) is 7.11 Å². The van der Waals surface area contributed by atoms with Gasteiger partial charge in [-0.15, -0.1) is 0 Å². The molecule has 0 amide bonds. The van der Waals surface area contributed by atoms with Gasteiger partial charge in [-0.3, -0.25) is 0 Å². The molecule has 0 saturated heterocycles. The Kier molecular flexibility index (Phi) is 4.42. The zero-order valence-corrected chi connectivity index (χ0v) is 13.4. The largest absolute Gasteiger partial charge is 0.393 e. The maximum atomic E-state index is 10.1. The molecule has 0 aromatic heterocycles. The van der Waals surface area contributed by atoms with Crippen molar-refractivity contribution in [1.82, 2.24) is 0 Å². The number of aliphatic hydroxyl groups is 1. The number of methoxy groups -OCH3 is 1. The molecule has 3 aliphatic rings. The van der Waals surface area contributed by atoms with Crippen LogP contribution >= 0.6 is 0 Å². The molecule has 6 unspecified atom stereocenters. The Morgan fingerprint density at radius 1 is 0.800 bits per heavy atom. The molecule has 0 aliphatic heterocycles. The van der Waals surface area contributed by atoms with Gasteiger partial charge in [-0.05, 0) is 80.5 Å². The van der Waals surface area contributed by atoms with E-state index in [0.29, 0.717) is 23.9 Å². The van der Waals surface area contributed by atoms with E-state index in [1.165, 1.54) is 38.5 Å². The molecule has 0 spiro atoms. The third kappa shape index (κ3) is 2.66. The predicted molar refractivity (Wildman–Crippen MR) is 81.4 cm³/mol. The first kappa shape index (κ1) is 14.8. The van der Waals surface area contributed by atoms with E-state index in [9.17, 15) is 5.11 Å². The molecule has 0 aromatic rings. The summed E-state index contributed by atoms with van der Waals surface area (Å²) >= 11 is 0. The van der Waals surface area contributed by atoms with E-state index in [2.05, 4.69) is 13.8 Å². The van der Waals surface area contributed by atoms with Crippen LogP contribution in [-0.4, -0.2) is 24.4 Å².